The molecule has 0 saturated carbocycles. The largest absolute Gasteiger partial charge is 0.508 e. The monoisotopic (exact) mass is 368 g/mol. The van der Waals surface area contributed by atoms with E-state index in [2.05, 4.69) is 5.32 Å². The van der Waals surface area contributed by atoms with Crippen LogP contribution in [0.5, 0.6) is 5.75 Å². The Morgan fingerprint density at radius 1 is 1.19 bits per heavy atom. The second-order valence-corrected chi connectivity index (χ2v) is 6.33. The summed E-state index contributed by atoms with van der Waals surface area (Å²) in [5.41, 5.74) is 1.36. The molecule has 1 saturated heterocycles. The molecule has 7 nitrogen and oxygen atoms in total. The van der Waals surface area contributed by atoms with Gasteiger partial charge in [-0.3, -0.25) is 9.59 Å². The number of benzene rings is 2. The van der Waals surface area contributed by atoms with E-state index in [1.807, 2.05) is 30.3 Å². The van der Waals surface area contributed by atoms with E-state index in [1.165, 1.54) is 24.0 Å². The predicted octanol–water partition coefficient (Wildman–Crippen LogP) is 1.52. The van der Waals surface area contributed by atoms with Crippen molar-refractivity contribution in [1.82, 2.24) is 10.2 Å². The van der Waals surface area contributed by atoms with Crippen LogP contribution in [-0.2, 0) is 25.7 Å². The number of ether oxygens (including phenoxy) is 1. The lowest BCUT2D eigenvalue weighted by Gasteiger charge is -2.42. The van der Waals surface area contributed by atoms with Gasteiger partial charge in [-0.1, -0.05) is 42.5 Å². The lowest BCUT2D eigenvalue weighted by molar-refractivity contribution is -0.164. The molecule has 2 aromatic rings. The van der Waals surface area contributed by atoms with Crippen LogP contribution >= 0.6 is 0 Å². The van der Waals surface area contributed by atoms with Gasteiger partial charge in [0.25, 0.3) is 0 Å². The number of likely N-dealkylation sites (tertiary alicyclic amines) is 1. The molecule has 0 aliphatic carbocycles. The summed E-state index contributed by atoms with van der Waals surface area (Å²) in [5.74, 6) is -1.17. The molecular weight excluding hydrogens is 348 g/mol. The maximum absolute atomic E-state index is 12.7. The zero-order valence-corrected chi connectivity index (χ0v) is 14.8. The van der Waals surface area contributed by atoms with Crippen LogP contribution < -0.4 is 5.32 Å². The van der Waals surface area contributed by atoms with Gasteiger partial charge in [-0.2, -0.15) is 0 Å². The first kappa shape index (κ1) is 18.4. The number of amides is 2. The number of esters is 1. The minimum atomic E-state index is -0.938. The summed E-state index contributed by atoms with van der Waals surface area (Å²) in [4.78, 5) is 37.7. The van der Waals surface area contributed by atoms with Crippen molar-refractivity contribution >= 4 is 17.8 Å². The molecule has 2 N–H and O–H groups in total. The highest BCUT2D eigenvalue weighted by molar-refractivity contribution is 5.95. The Labute approximate surface area is 156 Å². The molecule has 1 fully saturated rings. The molecule has 1 aliphatic heterocycles. The van der Waals surface area contributed by atoms with Crippen LogP contribution in [0.1, 0.15) is 24.1 Å². The van der Waals surface area contributed by atoms with Gasteiger partial charge >= 0.3 is 5.97 Å². The molecule has 7 heteroatoms. The first-order valence-corrected chi connectivity index (χ1v) is 8.53. The quantitative estimate of drug-likeness (QED) is 0.595. The Hall–Kier alpha value is -3.35. The second-order valence-electron chi connectivity index (χ2n) is 6.33. The molecule has 0 bridgehead atoms. The molecule has 0 radical (unpaired) electrons. The van der Waals surface area contributed by atoms with Gasteiger partial charge in [-0.05, 0) is 23.3 Å². The number of aromatic hydroxyl groups is 1. The molecular formula is C20H20N2O5. The van der Waals surface area contributed by atoms with Gasteiger partial charge in [-0.15, -0.1) is 0 Å². The van der Waals surface area contributed by atoms with Crippen molar-refractivity contribution in [2.45, 2.75) is 25.6 Å². The number of hydrogen-bond acceptors (Lipinski definition) is 5. The Bertz CT molecular complexity index is 835. The third-order valence-corrected chi connectivity index (χ3v) is 4.31. The highest BCUT2D eigenvalue weighted by Gasteiger charge is 2.45. The van der Waals surface area contributed by atoms with Gasteiger partial charge in [0.05, 0.1) is 6.54 Å². The van der Waals surface area contributed by atoms with Gasteiger partial charge < -0.3 is 20.1 Å². The number of carbonyl (C=O) groups is 3. The minimum Gasteiger partial charge on any atom is -0.508 e. The molecule has 27 heavy (non-hydrogen) atoms. The number of nitrogens with zero attached hydrogens (tertiary/aromatic N) is 1. The average Bonchev–Trinajstić information content (AvgIpc) is 2.67. The minimum absolute atomic E-state index is 0.0567. The van der Waals surface area contributed by atoms with Crippen LogP contribution in [0.4, 0.5) is 0 Å². The normalized spacial score (nSPS) is 17.0. The fourth-order valence-electron chi connectivity index (χ4n) is 2.95. The van der Waals surface area contributed by atoms with E-state index in [-0.39, 0.29) is 30.7 Å². The lowest BCUT2D eigenvalue weighted by Crippen LogP contribution is -2.65. The zero-order valence-electron chi connectivity index (χ0n) is 14.8. The summed E-state index contributed by atoms with van der Waals surface area (Å²) in [6.07, 6.45) is 0. The molecule has 3 rings (SSSR count). The number of carbonyl (C=O) groups excluding carboxylic acids is 3. The predicted molar refractivity (Wildman–Crippen MR) is 96.4 cm³/mol. The van der Waals surface area contributed by atoms with Crippen molar-refractivity contribution in [3.8, 4) is 5.75 Å². The van der Waals surface area contributed by atoms with Crippen LogP contribution in [-0.4, -0.2) is 40.4 Å². The highest BCUT2D eigenvalue weighted by atomic mass is 16.5. The van der Waals surface area contributed by atoms with Gasteiger partial charge in [0, 0.05) is 6.92 Å². The Balaban J connectivity index is 1.76. The topological polar surface area (TPSA) is 95.9 Å². The summed E-state index contributed by atoms with van der Waals surface area (Å²) < 4.78 is 5.41. The van der Waals surface area contributed by atoms with Gasteiger partial charge in [-0.25, -0.2) is 4.79 Å². The molecule has 1 heterocycles. The first-order valence-electron chi connectivity index (χ1n) is 8.53. The number of phenolic OH excluding ortho intramolecular Hbond substituents is 1. The van der Waals surface area contributed by atoms with Crippen LogP contribution in [0.15, 0.2) is 54.6 Å². The summed E-state index contributed by atoms with van der Waals surface area (Å²) in [6, 6.07) is 13.7. The maximum Gasteiger partial charge on any atom is 0.333 e. The summed E-state index contributed by atoms with van der Waals surface area (Å²) in [5, 5.41) is 12.0. The fraction of sp³-hybridized carbons (Fsp3) is 0.250. The molecule has 2 atom stereocenters. The molecule has 2 unspecified atom stereocenters. The third-order valence-electron chi connectivity index (χ3n) is 4.31. The smallest absolute Gasteiger partial charge is 0.333 e. The van der Waals surface area contributed by atoms with Crippen molar-refractivity contribution in [1.29, 1.82) is 0 Å². The Morgan fingerprint density at radius 3 is 2.44 bits per heavy atom. The van der Waals surface area contributed by atoms with Crippen LogP contribution in [0, 0.1) is 0 Å². The third kappa shape index (κ3) is 4.25. The fourth-order valence-corrected chi connectivity index (χ4v) is 2.95. The van der Waals surface area contributed by atoms with E-state index in [0.717, 1.165) is 5.56 Å². The molecule has 0 spiro atoms. The van der Waals surface area contributed by atoms with E-state index in [4.69, 9.17) is 4.74 Å². The van der Waals surface area contributed by atoms with Crippen molar-refractivity contribution in [2.75, 3.05) is 6.54 Å². The van der Waals surface area contributed by atoms with E-state index in [0.29, 0.717) is 5.56 Å². The van der Waals surface area contributed by atoms with Gasteiger partial charge in [0.2, 0.25) is 11.8 Å². The zero-order chi connectivity index (χ0) is 19.4. The number of rotatable bonds is 6. The number of β-lactam (4-membered cyclic amide) rings is 1. The van der Waals surface area contributed by atoms with Crippen molar-refractivity contribution < 1.29 is 24.2 Å². The lowest BCUT2D eigenvalue weighted by atomic mass is 9.98. The molecule has 2 amide bonds. The molecule has 140 valence electrons. The standard InChI is InChI=1S/C20H20N2O5/c1-13(23)21-17-11-22(19(17)25)18(15-7-9-16(24)10-8-15)20(26)27-12-14-5-3-2-4-6-14/h2-10,17-18,24H,11-12H2,1H3,(H,21,23). The molecule has 0 aromatic heterocycles. The molecule has 1 aliphatic rings. The molecule has 2 aromatic carbocycles. The van der Waals surface area contributed by atoms with Crippen LogP contribution in [0.2, 0.25) is 0 Å². The van der Waals surface area contributed by atoms with E-state index >= 15 is 0 Å². The Kier molecular flexibility index (Phi) is 5.40. The number of phenols is 1. The summed E-state index contributed by atoms with van der Waals surface area (Å²) in [6.45, 7) is 1.64. The highest BCUT2D eigenvalue weighted by Crippen LogP contribution is 2.29. The van der Waals surface area contributed by atoms with Crippen LogP contribution in [0.3, 0.4) is 0 Å². The van der Waals surface area contributed by atoms with Crippen molar-refractivity contribution in [3.63, 3.8) is 0 Å². The van der Waals surface area contributed by atoms with Gasteiger partial charge in [0.15, 0.2) is 6.04 Å². The average molecular weight is 368 g/mol. The van der Waals surface area contributed by atoms with Crippen molar-refractivity contribution in [3.05, 3.63) is 65.7 Å². The van der Waals surface area contributed by atoms with Crippen LogP contribution in [0.25, 0.3) is 0 Å². The first-order chi connectivity index (χ1) is 13.0. The van der Waals surface area contributed by atoms with Crippen molar-refractivity contribution in [2.24, 2.45) is 0 Å². The number of hydrogen-bond donors (Lipinski definition) is 2. The Morgan fingerprint density at radius 2 is 1.85 bits per heavy atom. The van der Waals surface area contributed by atoms with Gasteiger partial charge in [0.1, 0.15) is 18.4 Å². The maximum atomic E-state index is 12.7. The number of nitrogens with one attached hydrogen (secondary N) is 1. The summed E-state index contributed by atoms with van der Waals surface area (Å²) in [7, 11) is 0. The van der Waals surface area contributed by atoms with E-state index < -0.39 is 18.1 Å². The van der Waals surface area contributed by atoms with E-state index in [9.17, 15) is 19.5 Å². The summed E-state index contributed by atoms with van der Waals surface area (Å²) >= 11 is 0. The van der Waals surface area contributed by atoms with E-state index in [1.54, 1.807) is 12.1 Å². The second kappa shape index (κ2) is 7.90. The SMILES string of the molecule is CC(=O)NC1CN(C(C(=O)OCc2ccccc2)c2ccc(O)cc2)C1=O.